The zero-order valence-corrected chi connectivity index (χ0v) is 22.2. The molecule has 0 amide bonds. The van der Waals surface area contributed by atoms with Crippen LogP contribution in [0.3, 0.4) is 0 Å². The second-order valence-corrected chi connectivity index (χ2v) is 10.3. The lowest BCUT2D eigenvalue weighted by molar-refractivity contribution is 0.0734. The van der Waals surface area contributed by atoms with E-state index in [2.05, 4.69) is 44.2 Å². The van der Waals surface area contributed by atoms with Crippen LogP contribution < -0.4 is 4.74 Å². The third-order valence-corrected chi connectivity index (χ3v) is 7.43. The summed E-state index contributed by atoms with van der Waals surface area (Å²) in [6, 6.07) is 15.9. The standard InChI is InChI=1S/C33H46O2/c1-3-5-7-9-10-12-14-27-15-19-29(20-16-27)30-21-23-31(24-22-30)33(34)35-32-25-17-28(18-26-32)13-11-8-6-4-2/h17-19,21-27H,3-16,20H2,1-2H3. The second-order valence-electron chi connectivity index (χ2n) is 10.3. The molecular formula is C33H46O2. The monoisotopic (exact) mass is 474 g/mol. The van der Waals surface area contributed by atoms with Crippen LogP contribution in [0.1, 0.15) is 125 Å². The number of unbranched alkanes of at least 4 members (excludes halogenated alkanes) is 8. The van der Waals surface area contributed by atoms with Gasteiger partial charge in [-0.3, -0.25) is 0 Å². The lowest BCUT2D eigenvalue weighted by atomic mass is 9.83. The number of carbonyl (C=O) groups is 1. The fourth-order valence-corrected chi connectivity index (χ4v) is 5.09. The minimum atomic E-state index is -0.288. The van der Waals surface area contributed by atoms with Crippen molar-refractivity contribution in [2.45, 2.75) is 110 Å². The number of rotatable bonds is 15. The smallest absolute Gasteiger partial charge is 0.343 e. The lowest BCUT2D eigenvalue weighted by Crippen LogP contribution is -2.09. The summed E-state index contributed by atoms with van der Waals surface area (Å²) in [5.74, 6) is 1.17. The highest BCUT2D eigenvalue weighted by Crippen LogP contribution is 2.33. The van der Waals surface area contributed by atoms with E-state index in [4.69, 9.17) is 4.74 Å². The van der Waals surface area contributed by atoms with Gasteiger partial charge in [0.2, 0.25) is 0 Å². The normalized spacial score (nSPS) is 15.6. The van der Waals surface area contributed by atoms with E-state index in [0.717, 1.165) is 18.8 Å². The first-order valence-corrected chi connectivity index (χ1v) is 14.3. The third-order valence-electron chi connectivity index (χ3n) is 7.43. The van der Waals surface area contributed by atoms with E-state index in [1.165, 1.54) is 100 Å². The molecule has 0 spiro atoms. The first-order chi connectivity index (χ1) is 17.2. The summed E-state index contributed by atoms with van der Waals surface area (Å²) in [5.41, 5.74) is 4.58. The van der Waals surface area contributed by atoms with E-state index < -0.39 is 0 Å². The highest BCUT2D eigenvalue weighted by atomic mass is 16.5. The first-order valence-electron chi connectivity index (χ1n) is 14.3. The van der Waals surface area contributed by atoms with Crippen molar-refractivity contribution in [3.63, 3.8) is 0 Å². The van der Waals surface area contributed by atoms with Crippen LogP contribution in [0.25, 0.3) is 5.57 Å². The van der Waals surface area contributed by atoms with Crippen molar-refractivity contribution in [3.8, 4) is 5.75 Å². The molecule has 1 aliphatic rings. The number of ether oxygens (including phenoxy) is 1. The van der Waals surface area contributed by atoms with Crippen LogP contribution >= 0.6 is 0 Å². The van der Waals surface area contributed by atoms with Crippen molar-refractivity contribution < 1.29 is 9.53 Å². The molecule has 1 unspecified atom stereocenters. The molecule has 0 saturated heterocycles. The molecular weight excluding hydrogens is 428 g/mol. The van der Waals surface area contributed by atoms with Crippen LogP contribution in [0.15, 0.2) is 54.6 Å². The molecule has 35 heavy (non-hydrogen) atoms. The van der Waals surface area contributed by atoms with Crippen LogP contribution in [0.5, 0.6) is 5.75 Å². The molecule has 0 aromatic heterocycles. The Morgan fingerprint density at radius 2 is 1.46 bits per heavy atom. The quantitative estimate of drug-likeness (QED) is 0.146. The van der Waals surface area contributed by atoms with E-state index in [-0.39, 0.29) is 5.97 Å². The van der Waals surface area contributed by atoms with Gasteiger partial charge in [0.05, 0.1) is 5.56 Å². The predicted octanol–water partition coefficient (Wildman–Crippen LogP) is 9.96. The summed E-state index contributed by atoms with van der Waals surface area (Å²) in [4.78, 5) is 12.6. The maximum Gasteiger partial charge on any atom is 0.343 e. The van der Waals surface area contributed by atoms with Gasteiger partial charge in [-0.1, -0.05) is 108 Å². The molecule has 2 heteroatoms. The predicted molar refractivity (Wildman–Crippen MR) is 149 cm³/mol. The maximum absolute atomic E-state index is 12.6. The van der Waals surface area contributed by atoms with Gasteiger partial charge in [0.15, 0.2) is 0 Å². The fourth-order valence-electron chi connectivity index (χ4n) is 5.09. The average Bonchev–Trinajstić information content (AvgIpc) is 2.90. The molecule has 1 aliphatic carbocycles. The second kappa shape index (κ2) is 15.6. The third kappa shape index (κ3) is 9.67. The van der Waals surface area contributed by atoms with Crippen LogP contribution in [0.2, 0.25) is 0 Å². The van der Waals surface area contributed by atoms with Crippen LogP contribution in [-0.2, 0) is 6.42 Å². The Balaban J connectivity index is 1.42. The number of aryl methyl sites for hydroxylation is 1. The molecule has 2 nitrogen and oxygen atoms in total. The highest BCUT2D eigenvalue weighted by molar-refractivity contribution is 5.91. The molecule has 0 saturated carbocycles. The fraction of sp³-hybridized carbons (Fsp3) is 0.545. The van der Waals surface area contributed by atoms with E-state index in [0.29, 0.717) is 11.3 Å². The summed E-state index contributed by atoms with van der Waals surface area (Å²) in [7, 11) is 0. The molecule has 0 radical (unpaired) electrons. The van der Waals surface area contributed by atoms with Crippen molar-refractivity contribution >= 4 is 11.5 Å². The zero-order chi connectivity index (χ0) is 24.7. The Labute approximate surface area is 214 Å². The highest BCUT2D eigenvalue weighted by Gasteiger charge is 2.16. The largest absolute Gasteiger partial charge is 0.423 e. The van der Waals surface area contributed by atoms with Gasteiger partial charge in [0, 0.05) is 0 Å². The Hall–Kier alpha value is -2.35. The first kappa shape index (κ1) is 27.2. The number of benzene rings is 2. The molecule has 0 fully saturated rings. The van der Waals surface area contributed by atoms with Crippen LogP contribution in [0.4, 0.5) is 0 Å². The Morgan fingerprint density at radius 3 is 2.11 bits per heavy atom. The van der Waals surface area contributed by atoms with Crippen molar-refractivity contribution in [2.75, 3.05) is 0 Å². The van der Waals surface area contributed by atoms with Gasteiger partial charge in [-0.05, 0) is 79.0 Å². The van der Waals surface area contributed by atoms with Gasteiger partial charge < -0.3 is 4.74 Å². The Bertz CT molecular complexity index is 892. The average molecular weight is 475 g/mol. The Kier molecular flexibility index (Phi) is 12.1. The molecule has 190 valence electrons. The molecule has 0 heterocycles. The van der Waals surface area contributed by atoms with Crippen LogP contribution in [-0.4, -0.2) is 5.97 Å². The molecule has 0 N–H and O–H groups in total. The van der Waals surface area contributed by atoms with Crippen LogP contribution in [0, 0.1) is 5.92 Å². The lowest BCUT2D eigenvalue weighted by Gasteiger charge is -2.22. The number of hydrogen-bond acceptors (Lipinski definition) is 2. The van der Waals surface area contributed by atoms with Gasteiger partial charge in [-0.2, -0.15) is 0 Å². The number of hydrogen-bond donors (Lipinski definition) is 0. The number of allylic oxidation sites excluding steroid dienone is 2. The molecule has 0 aliphatic heterocycles. The van der Waals surface area contributed by atoms with Crippen molar-refractivity contribution in [1.29, 1.82) is 0 Å². The van der Waals surface area contributed by atoms with Gasteiger partial charge in [0.1, 0.15) is 5.75 Å². The topological polar surface area (TPSA) is 26.3 Å². The summed E-state index contributed by atoms with van der Waals surface area (Å²) in [6.45, 7) is 4.51. The number of esters is 1. The maximum atomic E-state index is 12.6. The summed E-state index contributed by atoms with van der Waals surface area (Å²) in [6.07, 6.45) is 21.9. The minimum Gasteiger partial charge on any atom is -0.423 e. The Morgan fingerprint density at radius 1 is 0.800 bits per heavy atom. The summed E-state index contributed by atoms with van der Waals surface area (Å²) in [5, 5.41) is 0. The molecule has 2 aromatic rings. The van der Waals surface area contributed by atoms with Crippen molar-refractivity contribution in [2.24, 2.45) is 5.92 Å². The van der Waals surface area contributed by atoms with Gasteiger partial charge >= 0.3 is 5.97 Å². The van der Waals surface area contributed by atoms with E-state index in [1.807, 2.05) is 24.3 Å². The number of carbonyl (C=O) groups excluding carboxylic acids is 1. The molecule has 0 bridgehead atoms. The summed E-state index contributed by atoms with van der Waals surface area (Å²) >= 11 is 0. The van der Waals surface area contributed by atoms with Gasteiger partial charge in [-0.15, -0.1) is 0 Å². The summed E-state index contributed by atoms with van der Waals surface area (Å²) < 4.78 is 5.61. The molecule has 2 aromatic carbocycles. The van der Waals surface area contributed by atoms with Gasteiger partial charge in [0.25, 0.3) is 0 Å². The molecule has 3 rings (SSSR count). The van der Waals surface area contributed by atoms with Gasteiger partial charge in [-0.25, -0.2) is 4.79 Å². The van der Waals surface area contributed by atoms with E-state index in [1.54, 1.807) is 0 Å². The SMILES string of the molecule is CCCCCCCCC1CC=C(c2ccc(C(=O)Oc3ccc(CCCCCC)cc3)cc2)CC1. The zero-order valence-electron chi connectivity index (χ0n) is 22.2. The van der Waals surface area contributed by atoms with E-state index >= 15 is 0 Å². The van der Waals surface area contributed by atoms with Crippen molar-refractivity contribution in [1.82, 2.24) is 0 Å². The minimum absolute atomic E-state index is 0.288. The van der Waals surface area contributed by atoms with Crippen molar-refractivity contribution in [3.05, 3.63) is 71.3 Å². The van der Waals surface area contributed by atoms with E-state index in [9.17, 15) is 4.79 Å². The molecule has 1 atom stereocenters.